The summed E-state index contributed by atoms with van der Waals surface area (Å²) in [5.41, 5.74) is 2.30. The third-order valence-electron chi connectivity index (χ3n) is 2.14. The summed E-state index contributed by atoms with van der Waals surface area (Å²) >= 11 is 0. The highest BCUT2D eigenvalue weighted by Crippen LogP contribution is 2.16. The van der Waals surface area contributed by atoms with E-state index in [0.29, 0.717) is 6.42 Å². The molecule has 0 bridgehead atoms. The highest BCUT2D eigenvalue weighted by atomic mass is 28.3. The number of rotatable bonds is 0. The van der Waals surface area contributed by atoms with Crippen molar-refractivity contribution in [1.29, 1.82) is 0 Å². The summed E-state index contributed by atoms with van der Waals surface area (Å²) in [6.45, 7) is 6.56. The van der Waals surface area contributed by atoms with Crippen molar-refractivity contribution in [3.05, 3.63) is 24.3 Å². The monoisotopic (exact) mass is 220 g/mol. The fourth-order valence-corrected chi connectivity index (χ4v) is 1.90. The highest BCUT2D eigenvalue weighted by Gasteiger charge is 2.20. The van der Waals surface area contributed by atoms with Crippen LogP contribution in [0.1, 0.15) is 19.3 Å². The van der Waals surface area contributed by atoms with Gasteiger partial charge in [-0.1, -0.05) is 43.8 Å². The van der Waals surface area contributed by atoms with E-state index in [1.807, 2.05) is 18.2 Å². The van der Waals surface area contributed by atoms with Crippen molar-refractivity contribution in [3.63, 3.8) is 0 Å². The molecule has 1 aliphatic rings. The first kappa shape index (κ1) is 12.3. The Morgan fingerprint density at radius 3 is 2.47 bits per heavy atom. The molecule has 0 fully saturated rings. The van der Waals surface area contributed by atoms with E-state index in [-0.39, 0.29) is 0 Å². The predicted octanol–water partition coefficient (Wildman–Crippen LogP) is 2.89. The van der Waals surface area contributed by atoms with Crippen molar-refractivity contribution in [3.8, 4) is 11.5 Å². The van der Waals surface area contributed by atoms with Crippen LogP contribution < -0.4 is 0 Å². The third kappa shape index (κ3) is 5.01. The van der Waals surface area contributed by atoms with E-state index >= 15 is 0 Å². The van der Waals surface area contributed by atoms with Crippen molar-refractivity contribution in [2.24, 2.45) is 0 Å². The maximum atomic E-state index is 10.3. The lowest BCUT2D eigenvalue weighted by Gasteiger charge is -2.18. The van der Waals surface area contributed by atoms with Crippen molar-refractivity contribution >= 4 is 8.07 Å². The first-order chi connectivity index (χ1) is 6.91. The summed E-state index contributed by atoms with van der Waals surface area (Å²) in [5, 5.41) is 10.3. The fraction of sp³-hybridized carbons (Fsp3) is 0.538. The Labute approximate surface area is 93.9 Å². The lowest BCUT2D eigenvalue weighted by molar-refractivity contribution is 0.156. The van der Waals surface area contributed by atoms with Crippen LogP contribution in [0.4, 0.5) is 0 Å². The summed E-state index contributed by atoms with van der Waals surface area (Å²) < 4.78 is 0. The van der Waals surface area contributed by atoms with Gasteiger partial charge < -0.3 is 5.11 Å². The molecule has 0 aromatic heterocycles. The molecule has 1 rings (SSSR count). The summed E-state index contributed by atoms with van der Waals surface area (Å²) in [7, 11) is -1.40. The van der Waals surface area contributed by atoms with Gasteiger partial charge in [0.2, 0.25) is 0 Å². The minimum atomic E-state index is -1.40. The van der Waals surface area contributed by atoms with E-state index in [0.717, 1.165) is 12.8 Å². The van der Waals surface area contributed by atoms with Gasteiger partial charge in [-0.15, -0.1) is 5.54 Å². The molecule has 0 aromatic carbocycles. The highest BCUT2D eigenvalue weighted by molar-refractivity contribution is 6.83. The number of allylic oxidation sites excluding steroid dienone is 2. The zero-order valence-corrected chi connectivity index (χ0v) is 10.9. The maximum absolute atomic E-state index is 10.3. The molecule has 15 heavy (non-hydrogen) atoms. The van der Waals surface area contributed by atoms with Crippen LogP contribution in [0.3, 0.4) is 0 Å². The minimum absolute atomic E-state index is 0.612. The second-order valence-corrected chi connectivity index (χ2v) is 9.83. The lowest BCUT2D eigenvalue weighted by atomic mass is 9.97. The molecule has 0 saturated carbocycles. The van der Waals surface area contributed by atoms with Gasteiger partial charge in [-0.05, 0) is 18.9 Å². The van der Waals surface area contributed by atoms with Gasteiger partial charge in [-0.2, -0.15) is 0 Å². The van der Waals surface area contributed by atoms with Crippen LogP contribution in [0.2, 0.25) is 19.6 Å². The molecule has 82 valence electrons. The zero-order chi connectivity index (χ0) is 11.4. The predicted molar refractivity (Wildman–Crippen MR) is 68.2 cm³/mol. The Hall–Kier alpha value is -0.783. The number of aliphatic hydroxyl groups is 1. The summed E-state index contributed by atoms with van der Waals surface area (Å²) in [6, 6.07) is 0. The molecule has 0 heterocycles. The van der Waals surface area contributed by atoms with Crippen LogP contribution in [0.5, 0.6) is 0 Å². The molecule has 0 saturated heterocycles. The normalized spacial score (nSPS) is 30.7. The van der Waals surface area contributed by atoms with Gasteiger partial charge in [0.25, 0.3) is 0 Å². The van der Waals surface area contributed by atoms with E-state index in [2.05, 4.69) is 37.2 Å². The fourth-order valence-electron chi connectivity index (χ4n) is 1.31. The maximum Gasteiger partial charge on any atom is 0.146 e. The molecule has 1 nitrogen and oxygen atoms in total. The SMILES string of the molecule is C[Si](C)(C)C#CC1(O)/C=C\CC/C=C\C1. The van der Waals surface area contributed by atoms with Crippen molar-refractivity contribution in [1.82, 2.24) is 0 Å². The average molecular weight is 220 g/mol. The topological polar surface area (TPSA) is 20.2 Å². The Bertz CT molecular complexity index is 325. The molecule has 0 radical (unpaired) electrons. The lowest BCUT2D eigenvalue weighted by Crippen LogP contribution is -2.25. The number of hydrogen-bond acceptors (Lipinski definition) is 1. The van der Waals surface area contributed by atoms with Gasteiger partial charge >= 0.3 is 0 Å². The minimum Gasteiger partial charge on any atom is -0.374 e. The molecule has 1 atom stereocenters. The van der Waals surface area contributed by atoms with Gasteiger partial charge in [0.15, 0.2) is 0 Å². The zero-order valence-electron chi connectivity index (χ0n) is 9.88. The quantitative estimate of drug-likeness (QED) is 0.378. The largest absolute Gasteiger partial charge is 0.374 e. The Morgan fingerprint density at radius 2 is 1.80 bits per heavy atom. The summed E-state index contributed by atoms with van der Waals surface area (Å²) in [6.07, 6.45) is 10.7. The van der Waals surface area contributed by atoms with Crippen LogP contribution in [0.15, 0.2) is 24.3 Å². The standard InChI is InChI=1S/C13H20OSi/c1-15(2,3)12-11-13(14)9-7-5-4-6-8-10-13/h5,7-8,10,14H,4,6,9H2,1-3H3/b7-5-,10-8-. The molecule has 1 aliphatic carbocycles. The number of hydrogen-bond donors (Lipinski definition) is 1. The van der Waals surface area contributed by atoms with E-state index in [9.17, 15) is 5.11 Å². The molecular weight excluding hydrogens is 200 g/mol. The molecule has 2 heteroatoms. The molecule has 1 N–H and O–H groups in total. The van der Waals surface area contributed by atoms with Crippen LogP contribution in [-0.2, 0) is 0 Å². The molecule has 0 spiro atoms. The second kappa shape index (κ2) is 4.83. The molecule has 0 aromatic rings. The first-order valence-corrected chi connectivity index (χ1v) is 9.01. The molecule has 0 aliphatic heterocycles. The molecule has 1 unspecified atom stereocenters. The van der Waals surface area contributed by atoms with Gasteiger partial charge in [0.1, 0.15) is 13.7 Å². The van der Waals surface area contributed by atoms with E-state index in [4.69, 9.17) is 0 Å². The van der Waals surface area contributed by atoms with Crippen LogP contribution >= 0.6 is 0 Å². The van der Waals surface area contributed by atoms with Gasteiger partial charge in [-0.25, -0.2) is 0 Å². The van der Waals surface area contributed by atoms with Crippen molar-refractivity contribution in [2.45, 2.75) is 44.5 Å². The van der Waals surface area contributed by atoms with Crippen LogP contribution in [0, 0.1) is 11.5 Å². The Morgan fingerprint density at radius 1 is 1.13 bits per heavy atom. The van der Waals surface area contributed by atoms with Crippen LogP contribution in [0.25, 0.3) is 0 Å². The second-order valence-electron chi connectivity index (χ2n) is 5.08. The smallest absolute Gasteiger partial charge is 0.146 e. The summed E-state index contributed by atoms with van der Waals surface area (Å²) in [4.78, 5) is 0. The van der Waals surface area contributed by atoms with E-state index in [1.165, 1.54) is 0 Å². The Kier molecular flexibility index (Phi) is 3.95. The van der Waals surface area contributed by atoms with Crippen molar-refractivity contribution < 1.29 is 5.11 Å². The van der Waals surface area contributed by atoms with Gasteiger partial charge in [-0.3, -0.25) is 0 Å². The van der Waals surface area contributed by atoms with E-state index < -0.39 is 13.7 Å². The summed E-state index contributed by atoms with van der Waals surface area (Å²) in [5.74, 6) is 3.03. The van der Waals surface area contributed by atoms with Crippen molar-refractivity contribution in [2.75, 3.05) is 0 Å². The van der Waals surface area contributed by atoms with Crippen LogP contribution in [-0.4, -0.2) is 18.8 Å². The average Bonchev–Trinajstić information content (AvgIpc) is 2.08. The molecular formula is C13H20OSi. The molecule has 0 amide bonds. The first-order valence-electron chi connectivity index (χ1n) is 5.51. The van der Waals surface area contributed by atoms with E-state index in [1.54, 1.807) is 0 Å². The Balaban J connectivity index is 2.82. The third-order valence-corrected chi connectivity index (χ3v) is 3.02. The van der Waals surface area contributed by atoms with Gasteiger partial charge in [0, 0.05) is 6.42 Å². The van der Waals surface area contributed by atoms with Gasteiger partial charge in [0.05, 0.1) is 0 Å².